The van der Waals surface area contributed by atoms with E-state index in [1.807, 2.05) is 24.3 Å². The second kappa shape index (κ2) is 8.31. The van der Waals surface area contributed by atoms with Gasteiger partial charge in [-0.1, -0.05) is 32.0 Å². The van der Waals surface area contributed by atoms with Crippen LogP contribution in [0.5, 0.6) is 0 Å². The highest BCUT2D eigenvalue weighted by Gasteiger charge is 2.61. The fraction of sp³-hybridized carbons (Fsp3) is 0.643. The molecule has 2 saturated carbocycles. The zero-order valence-electron chi connectivity index (χ0n) is 21.3. The molecule has 2 saturated heterocycles. The minimum Gasteiger partial charge on any atom is -0.332 e. The van der Waals surface area contributed by atoms with Gasteiger partial charge in [-0.2, -0.15) is 0 Å². The minimum absolute atomic E-state index is 0.0446. The number of nitrogens with zero attached hydrogens (tertiary/aromatic N) is 4. The Balaban J connectivity index is 1.27. The molecule has 6 atom stereocenters. The molecule has 0 unspecified atom stereocenters. The molecule has 4 fully saturated rings. The van der Waals surface area contributed by atoms with E-state index in [4.69, 9.17) is 6.57 Å². The van der Waals surface area contributed by atoms with Crippen LogP contribution in [0.2, 0.25) is 0 Å². The summed E-state index contributed by atoms with van der Waals surface area (Å²) in [4.78, 5) is 50.6. The Labute approximate surface area is 212 Å². The number of fused-ring (bicyclic) bond motifs is 3. The van der Waals surface area contributed by atoms with Crippen LogP contribution in [0.4, 0.5) is 5.69 Å². The number of benzene rings is 1. The molecule has 1 aromatic rings. The maximum Gasteiger partial charge on any atom is 0.302 e. The number of nitrogens with one attached hydrogen (secondary N) is 1. The van der Waals surface area contributed by atoms with Crippen LogP contribution in [0.3, 0.4) is 0 Å². The van der Waals surface area contributed by atoms with Gasteiger partial charge in [0.1, 0.15) is 11.5 Å². The lowest BCUT2D eigenvalue weighted by molar-refractivity contribution is -0.148. The lowest BCUT2D eigenvalue weighted by Gasteiger charge is -2.36. The molecule has 6 rings (SSSR count). The Morgan fingerprint density at radius 1 is 1.28 bits per heavy atom. The standard InChI is InChI=1S/C28H35N5O3/c1-16(2)11-22(31(4)26(35)24-19-12-17(19)14-32(24)18-9-10-18)25(34)33-15-28(13-23(33)29-3)20-7-5-6-8-21(20)30-27(28)36/h5-8,16-19,22-24H,9-15H2,1-2,4H3,(H,30,36)/t17-,19-,22+,23+,24+,28+/m1/s1. The van der Waals surface area contributed by atoms with E-state index in [1.54, 1.807) is 16.8 Å². The summed E-state index contributed by atoms with van der Waals surface area (Å²) in [5, 5.41) is 2.95. The van der Waals surface area contributed by atoms with Crippen LogP contribution in [0.25, 0.3) is 4.85 Å². The van der Waals surface area contributed by atoms with Crippen LogP contribution in [0, 0.1) is 24.3 Å². The number of hydrogen-bond donors (Lipinski definition) is 1. The van der Waals surface area contributed by atoms with Gasteiger partial charge >= 0.3 is 6.17 Å². The Kier molecular flexibility index (Phi) is 5.42. The van der Waals surface area contributed by atoms with Crippen LogP contribution in [-0.4, -0.2) is 76.8 Å². The van der Waals surface area contributed by atoms with Crippen molar-refractivity contribution in [3.8, 4) is 0 Å². The highest BCUT2D eigenvalue weighted by atomic mass is 16.2. The molecule has 3 aliphatic heterocycles. The third-order valence-electron chi connectivity index (χ3n) is 9.14. The van der Waals surface area contributed by atoms with Gasteiger partial charge in [0.05, 0.1) is 12.5 Å². The summed E-state index contributed by atoms with van der Waals surface area (Å²) in [6.07, 6.45) is 3.51. The van der Waals surface area contributed by atoms with E-state index in [0.717, 1.165) is 37.1 Å². The lowest BCUT2D eigenvalue weighted by Crippen LogP contribution is -2.56. The average molecular weight is 490 g/mol. The number of rotatable bonds is 6. The molecule has 1 spiro atoms. The number of amides is 3. The van der Waals surface area contributed by atoms with E-state index >= 15 is 0 Å². The molecule has 5 aliphatic rings. The molecule has 1 aromatic carbocycles. The van der Waals surface area contributed by atoms with Crippen LogP contribution < -0.4 is 5.32 Å². The Hall–Kier alpha value is -2.92. The first kappa shape index (κ1) is 23.5. The number of hydrogen-bond acceptors (Lipinski definition) is 4. The number of anilines is 1. The van der Waals surface area contributed by atoms with E-state index in [2.05, 4.69) is 28.9 Å². The smallest absolute Gasteiger partial charge is 0.302 e. The lowest BCUT2D eigenvalue weighted by atomic mass is 9.80. The van der Waals surface area contributed by atoms with Gasteiger partial charge in [-0.3, -0.25) is 29.0 Å². The average Bonchev–Trinajstić information content (AvgIpc) is 3.76. The van der Waals surface area contributed by atoms with Gasteiger partial charge in [-0.15, -0.1) is 0 Å². The van der Waals surface area contributed by atoms with Crippen molar-refractivity contribution in [2.75, 3.05) is 25.5 Å². The molecule has 0 radical (unpaired) electrons. The SMILES string of the molecule is [C-]#[N+][C@@H]1C[C@@]2(CN1C(=O)[C@H](CC(C)C)N(C)C(=O)[C@@H]1[C@@H]3C[C@@H]3CN1C1CC1)C(=O)Nc1ccccc12. The summed E-state index contributed by atoms with van der Waals surface area (Å²) >= 11 is 0. The van der Waals surface area contributed by atoms with Crippen LogP contribution in [0.1, 0.15) is 51.5 Å². The number of carbonyl (C=O) groups is 3. The van der Waals surface area contributed by atoms with E-state index in [0.29, 0.717) is 24.3 Å². The highest BCUT2D eigenvalue weighted by molar-refractivity contribution is 6.07. The van der Waals surface area contributed by atoms with E-state index in [-0.39, 0.29) is 42.6 Å². The first-order chi connectivity index (χ1) is 17.2. The molecule has 0 aromatic heterocycles. The molecule has 1 N–H and O–H groups in total. The van der Waals surface area contributed by atoms with Crippen molar-refractivity contribution in [1.82, 2.24) is 14.7 Å². The number of likely N-dealkylation sites (N-methyl/N-ethyl adjacent to an activating group) is 1. The van der Waals surface area contributed by atoms with Gasteiger partial charge in [0, 0.05) is 31.9 Å². The third-order valence-corrected chi connectivity index (χ3v) is 9.14. The normalized spacial score (nSPS) is 33.3. The zero-order valence-corrected chi connectivity index (χ0v) is 21.3. The molecule has 36 heavy (non-hydrogen) atoms. The van der Waals surface area contributed by atoms with Crippen molar-refractivity contribution in [2.24, 2.45) is 17.8 Å². The van der Waals surface area contributed by atoms with Gasteiger partial charge in [-0.05, 0) is 55.1 Å². The summed E-state index contributed by atoms with van der Waals surface area (Å²) in [6, 6.07) is 7.31. The second-order valence-corrected chi connectivity index (χ2v) is 12.0. The predicted octanol–water partition coefficient (Wildman–Crippen LogP) is 2.71. The van der Waals surface area contributed by atoms with Gasteiger partial charge in [0.15, 0.2) is 0 Å². The van der Waals surface area contributed by atoms with Crippen molar-refractivity contribution >= 4 is 23.4 Å². The highest BCUT2D eigenvalue weighted by Crippen LogP contribution is 2.53. The summed E-state index contributed by atoms with van der Waals surface area (Å²) in [5.74, 6) is 0.923. The maximum absolute atomic E-state index is 14.1. The maximum atomic E-state index is 14.1. The third kappa shape index (κ3) is 3.54. The van der Waals surface area contributed by atoms with Gasteiger partial charge in [0.2, 0.25) is 11.8 Å². The number of para-hydroxylation sites is 1. The number of likely N-dealkylation sites (tertiary alicyclic amines) is 2. The van der Waals surface area contributed by atoms with Crippen molar-refractivity contribution < 1.29 is 14.4 Å². The second-order valence-electron chi connectivity index (χ2n) is 12.0. The molecular formula is C28H35N5O3. The van der Waals surface area contributed by atoms with E-state index in [9.17, 15) is 14.4 Å². The largest absolute Gasteiger partial charge is 0.332 e. The monoisotopic (exact) mass is 489 g/mol. The Morgan fingerprint density at radius 2 is 2.03 bits per heavy atom. The molecule has 0 bridgehead atoms. The summed E-state index contributed by atoms with van der Waals surface area (Å²) in [5.41, 5.74) is 0.698. The van der Waals surface area contributed by atoms with Crippen molar-refractivity contribution in [3.05, 3.63) is 41.2 Å². The van der Waals surface area contributed by atoms with Crippen LogP contribution in [-0.2, 0) is 19.8 Å². The predicted molar refractivity (Wildman–Crippen MR) is 135 cm³/mol. The van der Waals surface area contributed by atoms with E-state index < -0.39 is 17.6 Å². The van der Waals surface area contributed by atoms with Gasteiger partial charge in [0.25, 0.3) is 5.91 Å². The molecule has 3 amide bonds. The molecule has 3 heterocycles. The van der Waals surface area contributed by atoms with Crippen molar-refractivity contribution in [1.29, 1.82) is 0 Å². The van der Waals surface area contributed by atoms with Crippen molar-refractivity contribution in [3.63, 3.8) is 0 Å². The molecular weight excluding hydrogens is 454 g/mol. The molecule has 2 aliphatic carbocycles. The number of piperidine rings is 1. The molecule has 8 nitrogen and oxygen atoms in total. The van der Waals surface area contributed by atoms with Crippen LogP contribution >= 0.6 is 0 Å². The summed E-state index contributed by atoms with van der Waals surface area (Å²) < 4.78 is 0. The Morgan fingerprint density at radius 3 is 2.72 bits per heavy atom. The Bertz CT molecular complexity index is 1160. The van der Waals surface area contributed by atoms with Crippen molar-refractivity contribution in [2.45, 2.75) is 75.7 Å². The quantitative estimate of drug-likeness (QED) is 0.624. The van der Waals surface area contributed by atoms with Gasteiger partial charge < -0.3 is 10.2 Å². The van der Waals surface area contributed by atoms with Crippen LogP contribution in [0.15, 0.2) is 24.3 Å². The molecule has 8 heteroatoms. The summed E-state index contributed by atoms with van der Waals surface area (Å²) in [6.45, 7) is 13.1. The topological polar surface area (TPSA) is 77.3 Å². The first-order valence-electron chi connectivity index (χ1n) is 13.4. The molecule has 190 valence electrons. The first-order valence-corrected chi connectivity index (χ1v) is 13.4. The van der Waals surface area contributed by atoms with E-state index in [1.165, 1.54) is 0 Å². The zero-order chi connectivity index (χ0) is 25.4. The summed E-state index contributed by atoms with van der Waals surface area (Å²) in [7, 11) is 1.77. The fourth-order valence-electron chi connectivity index (χ4n) is 6.99. The minimum atomic E-state index is -0.915. The fourth-order valence-corrected chi connectivity index (χ4v) is 6.99. The number of carbonyl (C=O) groups excluding carboxylic acids is 3. The van der Waals surface area contributed by atoms with Gasteiger partial charge in [-0.25, -0.2) is 6.57 Å².